The number of benzene rings is 8. The van der Waals surface area contributed by atoms with E-state index in [1.807, 2.05) is 0 Å². The van der Waals surface area contributed by atoms with E-state index in [9.17, 15) is 0 Å². The van der Waals surface area contributed by atoms with Gasteiger partial charge in [-0.2, -0.15) is 0 Å². The first kappa shape index (κ1) is 27.4. The summed E-state index contributed by atoms with van der Waals surface area (Å²) in [6.45, 7) is 0. The SMILES string of the molecule is [HH].[HH].c1ccc(N(c2ccc(-c3ccc(N(c4ccccc4)c4cccc5ccccc45)cc3)cc2)c2cccc3ccccc23)cc1. The second kappa shape index (κ2) is 12.1. The smallest absolute Gasteiger partial charge is 0.0540 e. The van der Waals surface area contributed by atoms with Crippen LogP contribution in [0.3, 0.4) is 0 Å². The molecule has 8 aromatic carbocycles. The average molecular weight is 593 g/mol. The second-order valence-corrected chi connectivity index (χ2v) is 11.4. The molecule has 0 amide bonds. The summed E-state index contributed by atoms with van der Waals surface area (Å²) in [5.41, 5.74) is 9.18. The molecule has 0 unspecified atom stereocenters. The molecule has 0 atom stereocenters. The average Bonchev–Trinajstić information content (AvgIpc) is 3.14. The van der Waals surface area contributed by atoms with Crippen LogP contribution in [0, 0.1) is 0 Å². The maximum absolute atomic E-state index is 2.34. The van der Waals surface area contributed by atoms with Crippen molar-refractivity contribution in [2.24, 2.45) is 0 Å². The van der Waals surface area contributed by atoms with E-state index in [1.54, 1.807) is 0 Å². The first-order valence-electron chi connectivity index (χ1n) is 15.7. The van der Waals surface area contributed by atoms with E-state index in [0.29, 0.717) is 0 Å². The quantitative estimate of drug-likeness (QED) is 0.182. The van der Waals surface area contributed by atoms with Gasteiger partial charge in [0, 0.05) is 36.4 Å². The van der Waals surface area contributed by atoms with E-state index in [-0.39, 0.29) is 2.85 Å². The molecule has 0 aliphatic carbocycles. The van der Waals surface area contributed by atoms with Gasteiger partial charge in [0.05, 0.1) is 11.4 Å². The summed E-state index contributed by atoms with van der Waals surface area (Å²) in [5.74, 6) is 0. The Balaban J connectivity index is 0.00000201. The van der Waals surface area contributed by atoms with Crippen LogP contribution in [0.25, 0.3) is 32.7 Å². The van der Waals surface area contributed by atoms with Gasteiger partial charge in [-0.1, -0.05) is 133 Å². The Hall–Kier alpha value is -6.12. The molecule has 0 radical (unpaired) electrons. The Morgan fingerprint density at radius 2 is 0.587 bits per heavy atom. The van der Waals surface area contributed by atoms with Crippen molar-refractivity contribution >= 4 is 55.7 Å². The highest BCUT2D eigenvalue weighted by molar-refractivity contribution is 6.00. The summed E-state index contributed by atoms with van der Waals surface area (Å²) in [6.07, 6.45) is 0. The summed E-state index contributed by atoms with van der Waals surface area (Å²) < 4.78 is 0. The van der Waals surface area contributed by atoms with Crippen LogP contribution in [-0.4, -0.2) is 0 Å². The molecule has 0 fully saturated rings. The molecule has 8 rings (SSSR count). The number of para-hydroxylation sites is 2. The number of fused-ring (bicyclic) bond motifs is 2. The van der Waals surface area contributed by atoms with Crippen molar-refractivity contribution in [1.29, 1.82) is 0 Å². The zero-order valence-corrected chi connectivity index (χ0v) is 25.4. The Kier molecular flexibility index (Phi) is 7.22. The highest BCUT2D eigenvalue weighted by Gasteiger charge is 2.17. The lowest BCUT2D eigenvalue weighted by molar-refractivity contribution is 1.29. The van der Waals surface area contributed by atoms with Gasteiger partial charge >= 0.3 is 0 Å². The van der Waals surface area contributed by atoms with Crippen LogP contribution in [0.1, 0.15) is 2.85 Å². The normalized spacial score (nSPS) is 11.0. The van der Waals surface area contributed by atoms with Gasteiger partial charge in [-0.15, -0.1) is 0 Å². The summed E-state index contributed by atoms with van der Waals surface area (Å²) >= 11 is 0. The van der Waals surface area contributed by atoms with Crippen LogP contribution >= 0.6 is 0 Å². The maximum Gasteiger partial charge on any atom is 0.0540 e. The van der Waals surface area contributed by atoms with Crippen molar-refractivity contribution in [1.82, 2.24) is 0 Å². The van der Waals surface area contributed by atoms with Crippen molar-refractivity contribution < 1.29 is 2.85 Å². The molecule has 0 aliphatic heterocycles. The highest BCUT2D eigenvalue weighted by Crippen LogP contribution is 2.41. The van der Waals surface area contributed by atoms with Crippen LogP contribution in [0.2, 0.25) is 0 Å². The van der Waals surface area contributed by atoms with E-state index in [0.717, 1.165) is 34.1 Å². The summed E-state index contributed by atoms with van der Waals surface area (Å²) in [5, 5.41) is 4.90. The topological polar surface area (TPSA) is 6.48 Å². The molecule has 0 aromatic heterocycles. The number of hydrogen-bond donors (Lipinski definition) is 0. The fourth-order valence-corrected chi connectivity index (χ4v) is 6.42. The van der Waals surface area contributed by atoms with Gasteiger partial charge in [0.25, 0.3) is 0 Å². The van der Waals surface area contributed by atoms with Crippen molar-refractivity contribution in [3.63, 3.8) is 0 Å². The molecule has 2 heteroatoms. The largest absolute Gasteiger partial charge is 0.310 e. The lowest BCUT2D eigenvalue weighted by atomic mass is 10.0. The minimum atomic E-state index is 0. The van der Waals surface area contributed by atoms with E-state index in [1.165, 1.54) is 32.7 Å². The number of hydrogen-bond acceptors (Lipinski definition) is 2. The molecule has 0 saturated heterocycles. The van der Waals surface area contributed by atoms with E-state index < -0.39 is 0 Å². The van der Waals surface area contributed by atoms with E-state index in [2.05, 4.69) is 204 Å². The number of anilines is 6. The molecule has 222 valence electrons. The lowest BCUT2D eigenvalue weighted by Gasteiger charge is -2.27. The minimum absolute atomic E-state index is 0. The van der Waals surface area contributed by atoms with Gasteiger partial charge in [0.2, 0.25) is 0 Å². The van der Waals surface area contributed by atoms with Crippen LogP contribution in [0.5, 0.6) is 0 Å². The molecule has 0 bridgehead atoms. The summed E-state index contributed by atoms with van der Waals surface area (Å²) in [7, 11) is 0. The second-order valence-electron chi connectivity index (χ2n) is 11.4. The number of nitrogens with zero attached hydrogens (tertiary/aromatic N) is 2. The minimum Gasteiger partial charge on any atom is -0.310 e. The molecule has 0 aliphatic rings. The predicted octanol–water partition coefficient (Wildman–Crippen LogP) is 13.1. The Bertz CT molecular complexity index is 2080. The number of rotatable bonds is 7. The third-order valence-electron chi connectivity index (χ3n) is 8.63. The standard InChI is InChI=1S/C44H32N2.2H2/c1-3-17-37(18-4-1)45(43-23-11-15-35-13-7-9-21-41(35)43)39-29-25-33(26-30-39)34-27-31-40(32-28-34)46(38-19-5-2-6-20-38)44-24-12-16-36-14-8-10-22-42(36)44;;/h1-32H;2*1H. The third kappa shape index (κ3) is 5.16. The predicted molar refractivity (Wildman–Crippen MR) is 200 cm³/mol. The molecule has 0 heterocycles. The van der Waals surface area contributed by atoms with Crippen molar-refractivity contribution in [2.75, 3.05) is 9.80 Å². The van der Waals surface area contributed by atoms with Crippen LogP contribution < -0.4 is 9.80 Å². The molecule has 0 N–H and O–H groups in total. The fraction of sp³-hybridized carbons (Fsp3) is 0. The fourth-order valence-electron chi connectivity index (χ4n) is 6.42. The molecule has 2 nitrogen and oxygen atoms in total. The zero-order chi connectivity index (χ0) is 30.7. The first-order chi connectivity index (χ1) is 22.8. The van der Waals surface area contributed by atoms with Crippen LogP contribution in [0.15, 0.2) is 194 Å². The van der Waals surface area contributed by atoms with Gasteiger partial charge in [0.15, 0.2) is 0 Å². The summed E-state index contributed by atoms with van der Waals surface area (Å²) in [6, 6.07) is 69.2. The van der Waals surface area contributed by atoms with Gasteiger partial charge in [-0.3, -0.25) is 0 Å². The summed E-state index contributed by atoms with van der Waals surface area (Å²) in [4.78, 5) is 4.69. The Morgan fingerprint density at radius 1 is 0.261 bits per heavy atom. The monoisotopic (exact) mass is 592 g/mol. The molecular formula is C44H36N2. The van der Waals surface area contributed by atoms with Gasteiger partial charge in [-0.25, -0.2) is 0 Å². The van der Waals surface area contributed by atoms with Crippen LogP contribution in [0.4, 0.5) is 34.1 Å². The van der Waals surface area contributed by atoms with Crippen molar-refractivity contribution in [3.05, 3.63) is 194 Å². The Morgan fingerprint density at radius 3 is 1.00 bits per heavy atom. The van der Waals surface area contributed by atoms with Crippen LogP contribution in [-0.2, 0) is 0 Å². The lowest BCUT2D eigenvalue weighted by Crippen LogP contribution is -2.10. The molecule has 8 aromatic rings. The third-order valence-corrected chi connectivity index (χ3v) is 8.63. The van der Waals surface area contributed by atoms with E-state index >= 15 is 0 Å². The van der Waals surface area contributed by atoms with Crippen molar-refractivity contribution in [2.45, 2.75) is 0 Å². The Labute approximate surface area is 273 Å². The molecule has 46 heavy (non-hydrogen) atoms. The highest BCUT2D eigenvalue weighted by atomic mass is 15.1. The van der Waals surface area contributed by atoms with Crippen molar-refractivity contribution in [3.8, 4) is 11.1 Å². The molecular weight excluding hydrogens is 556 g/mol. The zero-order valence-electron chi connectivity index (χ0n) is 25.4. The maximum atomic E-state index is 2.34. The first-order valence-corrected chi connectivity index (χ1v) is 15.7. The van der Waals surface area contributed by atoms with E-state index in [4.69, 9.17) is 0 Å². The molecule has 0 spiro atoms. The molecule has 0 saturated carbocycles. The van der Waals surface area contributed by atoms with Gasteiger partial charge < -0.3 is 9.80 Å². The van der Waals surface area contributed by atoms with Gasteiger partial charge in [-0.05, 0) is 82.6 Å². The van der Waals surface area contributed by atoms with Gasteiger partial charge in [0.1, 0.15) is 0 Å².